The van der Waals surface area contributed by atoms with Crippen molar-refractivity contribution in [2.45, 2.75) is 13.8 Å². The van der Waals surface area contributed by atoms with Crippen LogP contribution in [0.15, 0.2) is 48.5 Å². The molecule has 0 aliphatic rings. The predicted octanol–water partition coefficient (Wildman–Crippen LogP) is 4.15. The average Bonchev–Trinajstić information content (AvgIpc) is 2.47. The summed E-state index contributed by atoms with van der Waals surface area (Å²) in [6.45, 7) is 4.05. The molecule has 110 valence electrons. The third kappa shape index (κ3) is 2.68. The maximum Gasteiger partial charge on any atom is 0.221 e. The van der Waals surface area contributed by atoms with Crippen molar-refractivity contribution < 1.29 is 4.39 Å². The van der Waals surface area contributed by atoms with Gasteiger partial charge in [-0.3, -0.25) is 0 Å². The summed E-state index contributed by atoms with van der Waals surface area (Å²) >= 11 is 0. The lowest BCUT2D eigenvalue weighted by molar-refractivity contribution is 0.630. The summed E-state index contributed by atoms with van der Waals surface area (Å²) in [5.74, 6) is -0.192. The lowest BCUT2D eigenvalue weighted by Gasteiger charge is -2.09. The van der Waals surface area contributed by atoms with Crippen LogP contribution in [0.2, 0.25) is 0 Å². The summed E-state index contributed by atoms with van der Waals surface area (Å²) in [5, 5.41) is 0. The lowest BCUT2D eigenvalue weighted by Crippen LogP contribution is -2.00. The first-order valence-electron chi connectivity index (χ1n) is 7.01. The monoisotopic (exact) mass is 293 g/mol. The number of aromatic nitrogens is 2. The maximum absolute atomic E-state index is 14.0. The van der Waals surface area contributed by atoms with Gasteiger partial charge in [0.15, 0.2) is 0 Å². The van der Waals surface area contributed by atoms with E-state index in [1.165, 1.54) is 11.6 Å². The number of aryl methyl sites for hydroxylation is 2. The van der Waals surface area contributed by atoms with Crippen molar-refractivity contribution in [3.63, 3.8) is 0 Å². The Labute approximate surface area is 128 Å². The molecule has 0 bridgehead atoms. The van der Waals surface area contributed by atoms with E-state index in [0.29, 0.717) is 17.0 Å². The van der Waals surface area contributed by atoms with Crippen LogP contribution in [0.25, 0.3) is 22.5 Å². The lowest BCUT2D eigenvalue weighted by atomic mass is 10.0. The SMILES string of the molecule is Cc1ccc(-c2cc(-c3ccccc3F)nc(N)n2)c(C)c1. The van der Waals surface area contributed by atoms with E-state index in [-0.39, 0.29) is 11.8 Å². The molecule has 0 amide bonds. The van der Waals surface area contributed by atoms with Gasteiger partial charge in [-0.1, -0.05) is 35.9 Å². The highest BCUT2D eigenvalue weighted by atomic mass is 19.1. The second-order valence-electron chi connectivity index (χ2n) is 5.29. The van der Waals surface area contributed by atoms with Gasteiger partial charge in [0.05, 0.1) is 11.4 Å². The van der Waals surface area contributed by atoms with Gasteiger partial charge in [-0.15, -0.1) is 0 Å². The molecule has 0 saturated carbocycles. The fourth-order valence-electron chi connectivity index (χ4n) is 2.51. The van der Waals surface area contributed by atoms with E-state index in [0.717, 1.165) is 11.1 Å². The molecule has 3 aromatic rings. The van der Waals surface area contributed by atoms with Crippen LogP contribution in [-0.4, -0.2) is 9.97 Å². The molecule has 0 spiro atoms. The zero-order valence-electron chi connectivity index (χ0n) is 12.5. The molecule has 2 N–H and O–H groups in total. The van der Waals surface area contributed by atoms with E-state index in [1.807, 2.05) is 26.0 Å². The molecule has 0 aliphatic carbocycles. The van der Waals surface area contributed by atoms with Gasteiger partial charge in [-0.25, -0.2) is 14.4 Å². The highest BCUT2D eigenvalue weighted by Gasteiger charge is 2.11. The van der Waals surface area contributed by atoms with Crippen LogP contribution in [0, 0.1) is 19.7 Å². The zero-order chi connectivity index (χ0) is 15.7. The summed E-state index contributed by atoms with van der Waals surface area (Å²) in [7, 11) is 0. The Bertz CT molecular complexity index is 843. The maximum atomic E-state index is 14.0. The Kier molecular flexibility index (Phi) is 3.59. The van der Waals surface area contributed by atoms with Crippen molar-refractivity contribution in [2.75, 3.05) is 5.73 Å². The third-order valence-corrected chi connectivity index (χ3v) is 3.55. The van der Waals surface area contributed by atoms with Gasteiger partial charge in [-0.2, -0.15) is 0 Å². The van der Waals surface area contributed by atoms with Gasteiger partial charge in [0.25, 0.3) is 0 Å². The Hall–Kier alpha value is -2.75. The number of benzene rings is 2. The second-order valence-corrected chi connectivity index (χ2v) is 5.29. The number of hydrogen-bond donors (Lipinski definition) is 1. The molecule has 0 saturated heterocycles. The summed E-state index contributed by atoms with van der Waals surface area (Å²) in [6, 6.07) is 14.4. The molecule has 0 atom stereocenters. The van der Waals surface area contributed by atoms with Crippen LogP contribution in [0.4, 0.5) is 10.3 Å². The van der Waals surface area contributed by atoms with Gasteiger partial charge in [0.1, 0.15) is 5.82 Å². The van der Waals surface area contributed by atoms with E-state index in [2.05, 4.69) is 16.0 Å². The largest absolute Gasteiger partial charge is 0.368 e. The Morgan fingerprint density at radius 3 is 2.23 bits per heavy atom. The first kappa shape index (κ1) is 14.2. The molecule has 2 aromatic carbocycles. The third-order valence-electron chi connectivity index (χ3n) is 3.55. The van der Waals surface area contributed by atoms with Gasteiger partial charge in [-0.05, 0) is 37.6 Å². The summed E-state index contributed by atoms with van der Waals surface area (Å²) in [6.07, 6.45) is 0. The fourth-order valence-corrected chi connectivity index (χ4v) is 2.51. The first-order chi connectivity index (χ1) is 10.5. The van der Waals surface area contributed by atoms with Gasteiger partial charge in [0.2, 0.25) is 5.95 Å². The Morgan fingerprint density at radius 1 is 0.864 bits per heavy atom. The van der Waals surface area contributed by atoms with E-state index in [1.54, 1.807) is 24.3 Å². The number of anilines is 1. The molecule has 1 aromatic heterocycles. The summed E-state index contributed by atoms with van der Waals surface area (Å²) in [4.78, 5) is 8.46. The van der Waals surface area contributed by atoms with E-state index in [4.69, 9.17) is 5.73 Å². The fraction of sp³-hybridized carbons (Fsp3) is 0.111. The van der Waals surface area contributed by atoms with E-state index < -0.39 is 0 Å². The molecule has 1 heterocycles. The minimum atomic E-state index is -0.327. The number of halogens is 1. The molecule has 0 radical (unpaired) electrons. The number of nitrogen functional groups attached to an aromatic ring is 1. The molecule has 22 heavy (non-hydrogen) atoms. The van der Waals surface area contributed by atoms with Crippen molar-refractivity contribution >= 4 is 5.95 Å². The van der Waals surface area contributed by atoms with Gasteiger partial charge in [0, 0.05) is 11.1 Å². The highest BCUT2D eigenvalue weighted by Crippen LogP contribution is 2.28. The molecule has 0 fully saturated rings. The molecule has 3 nitrogen and oxygen atoms in total. The van der Waals surface area contributed by atoms with Crippen LogP contribution in [-0.2, 0) is 0 Å². The molecular formula is C18H16FN3. The highest BCUT2D eigenvalue weighted by molar-refractivity contribution is 5.71. The summed E-state index contributed by atoms with van der Waals surface area (Å²) in [5.41, 5.74) is 10.7. The molecule has 4 heteroatoms. The quantitative estimate of drug-likeness (QED) is 0.772. The van der Waals surface area contributed by atoms with Crippen molar-refractivity contribution in [3.05, 3.63) is 65.5 Å². The second kappa shape index (κ2) is 5.56. The molecule has 0 unspecified atom stereocenters. The van der Waals surface area contributed by atoms with Crippen LogP contribution < -0.4 is 5.73 Å². The van der Waals surface area contributed by atoms with Crippen molar-refractivity contribution in [3.8, 4) is 22.5 Å². The molecule has 3 rings (SSSR count). The summed E-state index contributed by atoms with van der Waals surface area (Å²) < 4.78 is 14.0. The average molecular weight is 293 g/mol. The predicted molar refractivity (Wildman–Crippen MR) is 86.7 cm³/mol. The standard InChI is InChI=1S/C18H16FN3/c1-11-7-8-13(12(2)9-11)16-10-17(22-18(20)21-16)14-5-3-4-6-15(14)19/h3-10H,1-2H3,(H2,20,21,22). The number of hydrogen-bond acceptors (Lipinski definition) is 3. The topological polar surface area (TPSA) is 51.8 Å². The first-order valence-corrected chi connectivity index (χ1v) is 7.01. The minimum Gasteiger partial charge on any atom is -0.368 e. The van der Waals surface area contributed by atoms with Crippen LogP contribution in [0.1, 0.15) is 11.1 Å². The number of nitrogens with two attached hydrogens (primary N) is 1. The van der Waals surface area contributed by atoms with E-state index >= 15 is 0 Å². The van der Waals surface area contributed by atoms with Gasteiger partial charge < -0.3 is 5.73 Å². The van der Waals surface area contributed by atoms with Crippen molar-refractivity contribution in [2.24, 2.45) is 0 Å². The molecular weight excluding hydrogens is 277 g/mol. The number of rotatable bonds is 2. The van der Waals surface area contributed by atoms with Gasteiger partial charge >= 0.3 is 0 Å². The number of nitrogens with zero attached hydrogens (tertiary/aromatic N) is 2. The van der Waals surface area contributed by atoms with Crippen molar-refractivity contribution in [1.82, 2.24) is 9.97 Å². The van der Waals surface area contributed by atoms with Crippen LogP contribution in [0.3, 0.4) is 0 Å². The zero-order valence-corrected chi connectivity index (χ0v) is 12.5. The normalized spacial score (nSPS) is 10.7. The minimum absolute atomic E-state index is 0.135. The Balaban J connectivity index is 2.17. The van der Waals surface area contributed by atoms with Crippen LogP contribution in [0.5, 0.6) is 0 Å². The smallest absolute Gasteiger partial charge is 0.221 e. The Morgan fingerprint density at radius 2 is 1.55 bits per heavy atom. The van der Waals surface area contributed by atoms with Crippen LogP contribution >= 0.6 is 0 Å². The van der Waals surface area contributed by atoms with E-state index in [9.17, 15) is 4.39 Å². The van der Waals surface area contributed by atoms with Crippen molar-refractivity contribution in [1.29, 1.82) is 0 Å². The molecule has 0 aliphatic heterocycles.